The lowest BCUT2D eigenvalue weighted by Gasteiger charge is -2.29. The van der Waals surface area contributed by atoms with Gasteiger partial charge in [-0.3, -0.25) is 0 Å². The third-order valence-electron chi connectivity index (χ3n) is 3.02. The normalized spacial score (nSPS) is 28.4. The molecule has 2 heteroatoms. The molecule has 1 fully saturated rings. The third kappa shape index (κ3) is 3.26. The third-order valence-corrected chi connectivity index (χ3v) is 3.02. The first kappa shape index (κ1) is 11.0. The molecule has 0 aromatic rings. The van der Waals surface area contributed by atoms with E-state index >= 15 is 0 Å². The maximum absolute atomic E-state index is 13.8. The van der Waals surface area contributed by atoms with Crippen LogP contribution in [0.2, 0.25) is 0 Å². The Morgan fingerprint density at radius 1 is 1.46 bits per heavy atom. The molecule has 1 saturated heterocycles. The van der Waals surface area contributed by atoms with Crippen molar-refractivity contribution in [3.8, 4) is 0 Å². The highest BCUT2D eigenvalue weighted by Gasteiger charge is 2.26. The summed E-state index contributed by atoms with van der Waals surface area (Å²) in [5, 5.41) is 3.28. The van der Waals surface area contributed by atoms with Gasteiger partial charge in [0.05, 0.1) is 0 Å². The maximum Gasteiger partial charge on any atom is 0.118 e. The minimum Gasteiger partial charge on any atom is -0.311 e. The van der Waals surface area contributed by atoms with Crippen LogP contribution in [0.3, 0.4) is 0 Å². The Bertz CT molecular complexity index is 132. The van der Waals surface area contributed by atoms with Gasteiger partial charge < -0.3 is 5.32 Å². The lowest BCUT2D eigenvalue weighted by molar-refractivity contribution is 0.153. The molecule has 1 aliphatic rings. The summed E-state index contributed by atoms with van der Waals surface area (Å²) in [5.74, 6) is 0.223. The van der Waals surface area contributed by atoms with Gasteiger partial charge in [-0.25, -0.2) is 4.39 Å². The van der Waals surface area contributed by atoms with Crippen molar-refractivity contribution < 1.29 is 4.39 Å². The number of piperidine rings is 1. The zero-order valence-corrected chi connectivity index (χ0v) is 8.85. The van der Waals surface area contributed by atoms with Crippen LogP contribution in [0.4, 0.5) is 4.39 Å². The van der Waals surface area contributed by atoms with E-state index < -0.39 is 6.17 Å². The summed E-state index contributed by atoms with van der Waals surface area (Å²) in [6.45, 7) is 5.16. The largest absolute Gasteiger partial charge is 0.311 e. The molecule has 0 aromatic heterocycles. The molecular weight excluding hydrogens is 165 g/mol. The molecule has 0 spiro atoms. The predicted molar refractivity (Wildman–Crippen MR) is 54.6 cm³/mol. The fourth-order valence-electron chi connectivity index (χ4n) is 2.16. The zero-order chi connectivity index (χ0) is 9.68. The number of hydrogen-bond acceptors (Lipinski definition) is 1. The number of hydrogen-bond donors (Lipinski definition) is 1. The van der Waals surface area contributed by atoms with Crippen LogP contribution in [0, 0.1) is 5.92 Å². The maximum atomic E-state index is 13.8. The molecule has 78 valence electrons. The first-order valence-corrected chi connectivity index (χ1v) is 5.63. The number of halogens is 1. The fourth-order valence-corrected chi connectivity index (χ4v) is 2.16. The number of rotatable bonds is 4. The van der Waals surface area contributed by atoms with Gasteiger partial charge in [0.15, 0.2) is 0 Å². The second-order valence-electron chi connectivity index (χ2n) is 4.27. The van der Waals surface area contributed by atoms with Crippen LogP contribution in [0.15, 0.2) is 0 Å². The summed E-state index contributed by atoms with van der Waals surface area (Å²) in [4.78, 5) is 0. The summed E-state index contributed by atoms with van der Waals surface area (Å²) in [5.41, 5.74) is 0. The Balaban J connectivity index is 2.31. The Labute approximate surface area is 81.1 Å². The van der Waals surface area contributed by atoms with Crippen LogP contribution < -0.4 is 5.32 Å². The van der Waals surface area contributed by atoms with Crippen LogP contribution in [0.5, 0.6) is 0 Å². The van der Waals surface area contributed by atoms with E-state index in [-0.39, 0.29) is 12.0 Å². The van der Waals surface area contributed by atoms with Crippen molar-refractivity contribution in [3.05, 3.63) is 0 Å². The van der Waals surface area contributed by atoms with E-state index in [1.165, 1.54) is 12.8 Å². The molecule has 0 bridgehead atoms. The highest BCUT2D eigenvalue weighted by Crippen LogP contribution is 2.22. The lowest BCUT2D eigenvalue weighted by atomic mass is 9.90. The first-order chi connectivity index (χ1) is 6.25. The van der Waals surface area contributed by atoms with Gasteiger partial charge in [-0.15, -0.1) is 0 Å². The molecule has 1 heterocycles. The Kier molecular flexibility index (Phi) is 4.71. The molecule has 0 saturated carbocycles. The van der Waals surface area contributed by atoms with Crippen molar-refractivity contribution >= 4 is 0 Å². The summed E-state index contributed by atoms with van der Waals surface area (Å²) >= 11 is 0. The summed E-state index contributed by atoms with van der Waals surface area (Å²) < 4.78 is 13.8. The predicted octanol–water partition coefficient (Wildman–Crippen LogP) is 2.90. The second-order valence-corrected chi connectivity index (χ2v) is 4.27. The van der Waals surface area contributed by atoms with Crippen molar-refractivity contribution in [2.75, 3.05) is 6.54 Å². The zero-order valence-electron chi connectivity index (χ0n) is 8.85. The Hall–Kier alpha value is -0.110. The van der Waals surface area contributed by atoms with E-state index in [0.717, 1.165) is 25.8 Å². The van der Waals surface area contributed by atoms with Gasteiger partial charge in [0.25, 0.3) is 0 Å². The SMILES string of the molecule is CCCC(C)C(F)C1CCCCN1. The van der Waals surface area contributed by atoms with Crippen LogP contribution >= 0.6 is 0 Å². The number of alkyl halides is 1. The highest BCUT2D eigenvalue weighted by molar-refractivity contribution is 4.82. The smallest absolute Gasteiger partial charge is 0.118 e. The van der Waals surface area contributed by atoms with Crippen LogP contribution in [0.25, 0.3) is 0 Å². The van der Waals surface area contributed by atoms with E-state index in [4.69, 9.17) is 0 Å². The molecular formula is C11H22FN. The molecule has 3 unspecified atom stereocenters. The average molecular weight is 187 g/mol. The highest BCUT2D eigenvalue weighted by atomic mass is 19.1. The van der Waals surface area contributed by atoms with Crippen LogP contribution in [-0.4, -0.2) is 18.8 Å². The van der Waals surface area contributed by atoms with E-state index in [2.05, 4.69) is 12.2 Å². The molecule has 0 aromatic carbocycles. The molecule has 3 atom stereocenters. The monoisotopic (exact) mass is 187 g/mol. The van der Waals surface area contributed by atoms with E-state index in [9.17, 15) is 4.39 Å². The molecule has 0 aliphatic carbocycles. The van der Waals surface area contributed by atoms with Gasteiger partial charge >= 0.3 is 0 Å². The van der Waals surface area contributed by atoms with Crippen LogP contribution in [-0.2, 0) is 0 Å². The fraction of sp³-hybridized carbons (Fsp3) is 1.00. The quantitative estimate of drug-likeness (QED) is 0.713. The van der Waals surface area contributed by atoms with Gasteiger partial charge in [0, 0.05) is 6.04 Å². The minimum atomic E-state index is -0.639. The summed E-state index contributed by atoms with van der Waals surface area (Å²) in [6.07, 6.45) is 4.89. The second kappa shape index (κ2) is 5.58. The van der Waals surface area contributed by atoms with Crippen molar-refractivity contribution in [3.63, 3.8) is 0 Å². The summed E-state index contributed by atoms with van der Waals surface area (Å²) in [6, 6.07) is 0.135. The van der Waals surface area contributed by atoms with Crippen molar-refractivity contribution in [2.45, 2.75) is 58.2 Å². The molecule has 1 rings (SSSR count). The van der Waals surface area contributed by atoms with Gasteiger partial charge in [-0.1, -0.05) is 26.7 Å². The van der Waals surface area contributed by atoms with E-state index in [0.29, 0.717) is 0 Å². The first-order valence-electron chi connectivity index (χ1n) is 5.63. The standard InChI is InChI=1S/C11H22FN/c1-3-6-9(2)11(12)10-7-4-5-8-13-10/h9-11,13H,3-8H2,1-2H3. The molecule has 0 amide bonds. The van der Waals surface area contributed by atoms with Gasteiger partial charge in [0.1, 0.15) is 6.17 Å². The summed E-state index contributed by atoms with van der Waals surface area (Å²) in [7, 11) is 0. The topological polar surface area (TPSA) is 12.0 Å². The van der Waals surface area contributed by atoms with Gasteiger partial charge in [0.2, 0.25) is 0 Å². The molecule has 1 N–H and O–H groups in total. The Morgan fingerprint density at radius 3 is 2.77 bits per heavy atom. The van der Waals surface area contributed by atoms with Crippen molar-refractivity contribution in [2.24, 2.45) is 5.92 Å². The van der Waals surface area contributed by atoms with Gasteiger partial charge in [-0.05, 0) is 31.7 Å². The van der Waals surface area contributed by atoms with E-state index in [1.54, 1.807) is 0 Å². The lowest BCUT2D eigenvalue weighted by Crippen LogP contribution is -2.43. The van der Waals surface area contributed by atoms with Gasteiger partial charge in [-0.2, -0.15) is 0 Å². The molecule has 13 heavy (non-hydrogen) atoms. The molecule has 1 aliphatic heterocycles. The minimum absolute atomic E-state index is 0.135. The van der Waals surface area contributed by atoms with Crippen molar-refractivity contribution in [1.82, 2.24) is 5.32 Å². The van der Waals surface area contributed by atoms with E-state index in [1.807, 2.05) is 6.92 Å². The molecule has 1 nitrogen and oxygen atoms in total. The Morgan fingerprint density at radius 2 is 2.23 bits per heavy atom. The average Bonchev–Trinajstić information content (AvgIpc) is 2.18. The van der Waals surface area contributed by atoms with Crippen molar-refractivity contribution in [1.29, 1.82) is 0 Å². The molecule has 0 radical (unpaired) electrons. The van der Waals surface area contributed by atoms with Crippen LogP contribution in [0.1, 0.15) is 46.0 Å². The number of nitrogens with one attached hydrogen (secondary N) is 1.